The third kappa shape index (κ3) is 2.17. The van der Waals surface area contributed by atoms with Crippen molar-refractivity contribution < 1.29 is 4.92 Å². The zero-order chi connectivity index (χ0) is 13.3. The minimum atomic E-state index is -0.343. The number of hydrogen-bond acceptors (Lipinski definition) is 5. The molecule has 0 saturated carbocycles. The molecule has 1 aliphatic heterocycles. The van der Waals surface area contributed by atoms with E-state index in [9.17, 15) is 10.1 Å². The standard InChI is InChI=1S/C11H19N5O2/c1-3-15-11(10(16(17)18)8(2)13-15)14-6-4-5-9(12)7-14/h9H,3-7,12H2,1-2H3/t9-/m1/s1. The zero-order valence-corrected chi connectivity index (χ0v) is 10.8. The van der Waals surface area contributed by atoms with Crippen LogP contribution in [0.4, 0.5) is 11.5 Å². The summed E-state index contributed by atoms with van der Waals surface area (Å²) < 4.78 is 1.70. The van der Waals surface area contributed by atoms with Gasteiger partial charge in [-0.25, -0.2) is 4.68 Å². The monoisotopic (exact) mass is 253 g/mol. The molecule has 0 amide bonds. The van der Waals surface area contributed by atoms with Gasteiger partial charge in [-0.2, -0.15) is 5.10 Å². The second kappa shape index (κ2) is 4.93. The molecule has 1 saturated heterocycles. The molecule has 7 nitrogen and oxygen atoms in total. The van der Waals surface area contributed by atoms with Crippen molar-refractivity contribution in [3.63, 3.8) is 0 Å². The first-order chi connectivity index (χ1) is 8.54. The van der Waals surface area contributed by atoms with Gasteiger partial charge >= 0.3 is 5.69 Å². The quantitative estimate of drug-likeness (QED) is 0.642. The van der Waals surface area contributed by atoms with Gasteiger partial charge in [-0.3, -0.25) is 10.1 Å². The van der Waals surface area contributed by atoms with Gasteiger partial charge in [0.25, 0.3) is 0 Å². The van der Waals surface area contributed by atoms with Gasteiger partial charge in [-0.05, 0) is 26.7 Å². The van der Waals surface area contributed by atoms with E-state index in [1.165, 1.54) is 0 Å². The summed E-state index contributed by atoms with van der Waals surface area (Å²) in [6, 6.07) is 0.0823. The Morgan fingerprint density at radius 3 is 2.89 bits per heavy atom. The summed E-state index contributed by atoms with van der Waals surface area (Å²) in [5.41, 5.74) is 6.53. The molecule has 7 heteroatoms. The van der Waals surface area contributed by atoms with Crippen LogP contribution in [0.25, 0.3) is 0 Å². The van der Waals surface area contributed by atoms with E-state index in [-0.39, 0.29) is 16.7 Å². The van der Waals surface area contributed by atoms with Crippen molar-refractivity contribution in [2.24, 2.45) is 5.73 Å². The summed E-state index contributed by atoms with van der Waals surface area (Å²) in [7, 11) is 0. The number of piperidine rings is 1. The minimum absolute atomic E-state index is 0.0823. The molecule has 1 atom stereocenters. The van der Waals surface area contributed by atoms with Gasteiger partial charge in [-0.15, -0.1) is 0 Å². The Morgan fingerprint density at radius 1 is 1.61 bits per heavy atom. The summed E-state index contributed by atoms with van der Waals surface area (Å²) in [5, 5.41) is 15.4. The predicted molar refractivity (Wildman–Crippen MR) is 68.7 cm³/mol. The van der Waals surface area contributed by atoms with Crippen LogP contribution >= 0.6 is 0 Å². The molecule has 0 spiro atoms. The van der Waals surface area contributed by atoms with Gasteiger partial charge in [-0.1, -0.05) is 0 Å². The molecule has 18 heavy (non-hydrogen) atoms. The Hall–Kier alpha value is -1.63. The maximum absolute atomic E-state index is 11.2. The van der Waals surface area contributed by atoms with E-state index < -0.39 is 0 Å². The highest BCUT2D eigenvalue weighted by Gasteiger charge is 2.31. The van der Waals surface area contributed by atoms with Crippen molar-refractivity contribution in [3.05, 3.63) is 15.8 Å². The zero-order valence-electron chi connectivity index (χ0n) is 10.8. The summed E-state index contributed by atoms with van der Waals surface area (Å²) in [6.07, 6.45) is 1.94. The lowest BCUT2D eigenvalue weighted by atomic mass is 10.1. The number of nitrogens with two attached hydrogens (primary N) is 1. The molecule has 0 aromatic carbocycles. The van der Waals surface area contributed by atoms with Crippen LogP contribution in [-0.4, -0.2) is 33.8 Å². The molecule has 1 aromatic heterocycles. The predicted octanol–water partition coefficient (Wildman–Crippen LogP) is 1.05. The average molecular weight is 253 g/mol. The van der Waals surface area contributed by atoms with Crippen LogP contribution in [-0.2, 0) is 6.54 Å². The first-order valence-corrected chi connectivity index (χ1v) is 6.27. The molecule has 2 N–H and O–H groups in total. The van der Waals surface area contributed by atoms with Crippen molar-refractivity contribution in [3.8, 4) is 0 Å². The summed E-state index contributed by atoms with van der Waals surface area (Å²) >= 11 is 0. The van der Waals surface area contributed by atoms with Crippen molar-refractivity contribution >= 4 is 11.5 Å². The summed E-state index contributed by atoms with van der Waals surface area (Å²) in [4.78, 5) is 12.8. The SMILES string of the molecule is CCn1nc(C)c([N+](=O)[O-])c1N1CCC[C@@H](N)C1. The van der Waals surface area contributed by atoms with E-state index in [0.29, 0.717) is 24.6 Å². The fourth-order valence-electron chi connectivity index (χ4n) is 2.51. The Bertz CT molecular complexity index is 457. The summed E-state index contributed by atoms with van der Waals surface area (Å²) in [6.45, 7) is 5.70. The molecule has 0 radical (unpaired) electrons. The fourth-order valence-corrected chi connectivity index (χ4v) is 2.51. The van der Waals surface area contributed by atoms with Gasteiger partial charge in [0.05, 0.1) is 4.92 Å². The molecule has 0 aliphatic carbocycles. The van der Waals surface area contributed by atoms with Crippen LogP contribution in [0.2, 0.25) is 0 Å². The molecule has 1 fully saturated rings. The minimum Gasteiger partial charge on any atom is -0.350 e. The Morgan fingerprint density at radius 2 is 2.33 bits per heavy atom. The van der Waals surface area contributed by atoms with Crippen molar-refractivity contribution in [2.75, 3.05) is 18.0 Å². The molecule has 2 heterocycles. The first kappa shape index (κ1) is 12.8. The van der Waals surface area contributed by atoms with Crippen LogP contribution in [0.5, 0.6) is 0 Å². The first-order valence-electron chi connectivity index (χ1n) is 6.27. The molecular weight excluding hydrogens is 234 g/mol. The van der Waals surface area contributed by atoms with Gasteiger partial charge in [0, 0.05) is 25.7 Å². The third-order valence-corrected chi connectivity index (χ3v) is 3.31. The molecule has 100 valence electrons. The smallest absolute Gasteiger partial charge is 0.333 e. The number of hydrogen-bond donors (Lipinski definition) is 1. The van der Waals surface area contributed by atoms with Gasteiger partial charge in [0.1, 0.15) is 5.69 Å². The largest absolute Gasteiger partial charge is 0.350 e. The topological polar surface area (TPSA) is 90.2 Å². The maximum atomic E-state index is 11.2. The number of nitrogens with zero attached hydrogens (tertiary/aromatic N) is 4. The Kier molecular flexibility index (Phi) is 3.51. The second-order valence-electron chi connectivity index (χ2n) is 4.68. The van der Waals surface area contributed by atoms with E-state index in [1.54, 1.807) is 11.6 Å². The third-order valence-electron chi connectivity index (χ3n) is 3.31. The molecule has 0 unspecified atom stereocenters. The van der Waals surface area contributed by atoms with Crippen LogP contribution in [0.15, 0.2) is 0 Å². The number of anilines is 1. The van der Waals surface area contributed by atoms with Crippen molar-refractivity contribution in [2.45, 2.75) is 39.3 Å². The Labute approximate surface area is 106 Å². The number of nitro groups is 1. The molecule has 1 aliphatic rings. The second-order valence-corrected chi connectivity index (χ2v) is 4.68. The number of rotatable bonds is 3. The highest BCUT2D eigenvalue weighted by molar-refractivity contribution is 5.61. The van der Waals surface area contributed by atoms with E-state index in [4.69, 9.17) is 5.73 Å². The molecule has 0 bridgehead atoms. The highest BCUT2D eigenvalue weighted by atomic mass is 16.6. The van der Waals surface area contributed by atoms with Crippen LogP contribution in [0.3, 0.4) is 0 Å². The van der Waals surface area contributed by atoms with Crippen molar-refractivity contribution in [1.82, 2.24) is 9.78 Å². The van der Waals surface area contributed by atoms with E-state index in [1.807, 2.05) is 11.8 Å². The van der Waals surface area contributed by atoms with E-state index >= 15 is 0 Å². The van der Waals surface area contributed by atoms with Crippen LogP contribution in [0, 0.1) is 17.0 Å². The van der Waals surface area contributed by atoms with Gasteiger partial charge in [0.2, 0.25) is 5.82 Å². The normalized spacial score (nSPS) is 20.2. The summed E-state index contributed by atoms with van der Waals surface area (Å²) in [5.74, 6) is 0.607. The van der Waals surface area contributed by atoms with Crippen LogP contribution in [0.1, 0.15) is 25.5 Å². The van der Waals surface area contributed by atoms with Crippen LogP contribution < -0.4 is 10.6 Å². The van der Waals surface area contributed by atoms with Crippen molar-refractivity contribution in [1.29, 1.82) is 0 Å². The molecule has 2 rings (SSSR count). The average Bonchev–Trinajstić information content (AvgIpc) is 2.66. The molecule has 1 aromatic rings. The maximum Gasteiger partial charge on any atom is 0.333 e. The number of aryl methyl sites for hydroxylation is 2. The van der Waals surface area contributed by atoms with E-state index in [2.05, 4.69) is 5.10 Å². The lowest BCUT2D eigenvalue weighted by molar-refractivity contribution is -0.384. The van der Waals surface area contributed by atoms with E-state index in [0.717, 1.165) is 19.4 Å². The highest BCUT2D eigenvalue weighted by Crippen LogP contribution is 2.33. The lowest BCUT2D eigenvalue weighted by Gasteiger charge is -2.31. The van der Waals surface area contributed by atoms with Gasteiger partial charge in [0.15, 0.2) is 0 Å². The Balaban J connectivity index is 2.43. The number of aromatic nitrogens is 2. The fraction of sp³-hybridized carbons (Fsp3) is 0.727. The lowest BCUT2D eigenvalue weighted by Crippen LogP contribution is -2.43. The van der Waals surface area contributed by atoms with Gasteiger partial charge < -0.3 is 10.6 Å². The molecular formula is C11H19N5O2.